The molecule has 0 N–H and O–H groups in total. The highest BCUT2D eigenvalue weighted by atomic mass is 16.6. The van der Waals surface area contributed by atoms with Gasteiger partial charge < -0.3 is 4.74 Å². The van der Waals surface area contributed by atoms with Crippen LogP contribution in [0.3, 0.4) is 0 Å². The minimum Gasteiger partial charge on any atom is -0.458 e. The smallest absolute Gasteiger partial charge is 0.306 e. The lowest BCUT2D eigenvalue weighted by molar-refractivity contribution is -0.161. The van der Waals surface area contributed by atoms with Gasteiger partial charge >= 0.3 is 5.97 Å². The SMILES string of the molecule is CC12CC=C3C(C1CC[C@@]21CCC(=O)O1)[C@H]1C[C@]2(C#N)C(C(=O)CCC32C)C1=O. The van der Waals surface area contributed by atoms with Gasteiger partial charge in [-0.2, -0.15) is 5.26 Å². The lowest BCUT2D eigenvalue weighted by Crippen LogP contribution is -2.56. The highest BCUT2D eigenvalue weighted by molar-refractivity contribution is 6.08. The second-order valence-corrected chi connectivity index (χ2v) is 10.9. The Labute approximate surface area is 170 Å². The predicted molar refractivity (Wildman–Crippen MR) is 102 cm³/mol. The van der Waals surface area contributed by atoms with Crippen molar-refractivity contribution in [3.05, 3.63) is 11.6 Å². The fraction of sp³-hybridized carbons (Fsp3) is 0.750. The number of Topliss-reactive ketones (excluding diaryl/α,β-unsaturated/α-hetero) is 2. The van der Waals surface area contributed by atoms with Crippen molar-refractivity contribution >= 4 is 17.5 Å². The van der Waals surface area contributed by atoms with E-state index in [2.05, 4.69) is 26.0 Å². The predicted octanol–water partition coefficient (Wildman–Crippen LogP) is 3.52. The molecule has 5 fully saturated rings. The van der Waals surface area contributed by atoms with Crippen LogP contribution < -0.4 is 0 Å². The van der Waals surface area contributed by atoms with Crippen LogP contribution >= 0.6 is 0 Å². The van der Waals surface area contributed by atoms with Crippen LogP contribution in [0.2, 0.25) is 0 Å². The quantitative estimate of drug-likeness (QED) is 0.357. The molecule has 0 amide bonds. The molecule has 0 aromatic rings. The molecule has 1 spiro atoms. The van der Waals surface area contributed by atoms with E-state index in [1.807, 2.05) is 0 Å². The number of rotatable bonds is 0. The molecule has 8 atom stereocenters. The van der Waals surface area contributed by atoms with Gasteiger partial charge in [0.15, 0.2) is 0 Å². The number of hydrogen-bond donors (Lipinski definition) is 0. The highest BCUT2D eigenvalue weighted by Gasteiger charge is 2.76. The van der Waals surface area contributed by atoms with Crippen LogP contribution in [0, 0.1) is 51.2 Å². The van der Waals surface area contributed by atoms with Gasteiger partial charge in [-0.25, -0.2) is 0 Å². The van der Waals surface area contributed by atoms with Gasteiger partial charge in [0.05, 0.1) is 17.4 Å². The van der Waals surface area contributed by atoms with Crippen molar-refractivity contribution < 1.29 is 19.1 Å². The molecule has 152 valence electrons. The molecule has 2 bridgehead atoms. The van der Waals surface area contributed by atoms with Crippen molar-refractivity contribution in [2.75, 3.05) is 0 Å². The first-order valence-corrected chi connectivity index (χ1v) is 11.1. The zero-order valence-electron chi connectivity index (χ0n) is 17.1. The van der Waals surface area contributed by atoms with E-state index in [1.54, 1.807) is 0 Å². The Bertz CT molecular complexity index is 960. The molecule has 5 unspecified atom stereocenters. The number of ether oxygens (including phenoxy) is 1. The lowest BCUT2D eigenvalue weighted by Gasteiger charge is -2.58. The summed E-state index contributed by atoms with van der Waals surface area (Å²) >= 11 is 0. The molecule has 5 aliphatic carbocycles. The standard InChI is InChI=1S/C24H27NO4/c1-21-8-5-16(26)19-20(28)13(11-23(19,21)12-25)18-14(21)3-7-22(2)15(18)4-9-24(22)10-6-17(27)29-24/h3,13,15,18-19H,4-11H2,1-2H3/t13-,15?,18?,19?,21?,22?,23+,24-/m1/s1. The number of nitrogens with zero attached hydrogens (tertiary/aromatic N) is 1. The number of nitriles is 1. The van der Waals surface area contributed by atoms with Crippen molar-refractivity contribution in [3.8, 4) is 6.07 Å². The number of esters is 1. The second-order valence-electron chi connectivity index (χ2n) is 10.9. The minimum atomic E-state index is -0.865. The Morgan fingerprint density at radius 3 is 2.62 bits per heavy atom. The molecule has 0 aromatic carbocycles. The fourth-order valence-electron chi connectivity index (χ4n) is 8.89. The maximum atomic E-state index is 13.5. The van der Waals surface area contributed by atoms with E-state index in [1.165, 1.54) is 5.57 Å². The van der Waals surface area contributed by atoms with E-state index in [4.69, 9.17) is 4.74 Å². The van der Waals surface area contributed by atoms with Gasteiger partial charge in [-0.15, -0.1) is 0 Å². The van der Waals surface area contributed by atoms with E-state index in [9.17, 15) is 19.6 Å². The number of ketones is 2. The Kier molecular flexibility index (Phi) is 3.09. The van der Waals surface area contributed by atoms with Gasteiger partial charge in [0.1, 0.15) is 17.2 Å². The number of allylic oxidation sites excluding steroid dienone is 2. The third-order valence-electron chi connectivity index (χ3n) is 10.4. The second kappa shape index (κ2) is 5.02. The third-order valence-corrected chi connectivity index (χ3v) is 10.4. The summed E-state index contributed by atoms with van der Waals surface area (Å²) in [6.45, 7) is 4.40. The minimum absolute atomic E-state index is 0.0180. The number of carbonyl (C=O) groups is 3. The number of carbonyl (C=O) groups excluding carboxylic acids is 3. The van der Waals surface area contributed by atoms with Crippen LogP contribution in [0.4, 0.5) is 0 Å². The number of hydrogen-bond acceptors (Lipinski definition) is 5. The van der Waals surface area contributed by atoms with E-state index in [0.717, 1.165) is 25.7 Å². The molecule has 1 heterocycles. The van der Waals surface area contributed by atoms with Gasteiger partial charge in [-0.3, -0.25) is 14.4 Å². The molecule has 5 nitrogen and oxygen atoms in total. The van der Waals surface area contributed by atoms with Gasteiger partial charge in [0, 0.05) is 29.6 Å². The Balaban J connectivity index is 1.53. The van der Waals surface area contributed by atoms with Crippen molar-refractivity contribution in [1.82, 2.24) is 0 Å². The molecule has 1 aliphatic heterocycles. The maximum absolute atomic E-state index is 13.5. The van der Waals surface area contributed by atoms with E-state index in [0.29, 0.717) is 25.7 Å². The average Bonchev–Trinajstić information content (AvgIpc) is 3.31. The monoisotopic (exact) mass is 393 g/mol. The Morgan fingerprint density at radius 2 is 1.93 bits per heavy atom. The average molecular weight is 393 g/mol. The van der Waals surface area contributed by atoms with Crippen molar-refractivity contribution in [2.45, 2.75) is 70.8 Å². The molecule has 29 heavy (non-hydrogen) atoms. The van der Waals surface area contributed by atoms with Crippen molar-refractivity contribution in [3.63, 3.8) is 0 Å². The van der Waals surface area contributed by atoms with Gasteiger partial charge in [-0.1, -0.05) is 25.5 Å². The van der Waals surface area contributed by atoms with E-state index < -0.39 is 22.3 Å². The molecule has 0 aromatic heterocycles. The van der Waals surface area contributed by atoms with Crippen LogP contribution in [-0.2, 0) is 19.1 Å². The molecule has 0 radical (unpaired) electrons. The van der Waals surface area contributed by atoms with E-state index in [-0.39, 0.29) is 40.7 Å². The summed E-state index contributed by atoms with van der Waals surface area (Å²) in [6.07, 6.45) is 7.78. The van der Waals surface area contributed by atoms with Crippen LogP contribution in [0.5, 0.6) is 0 Å². The van der Waals surface area contributed by atoms with Gasteiger partial charge in [-0.05, 0) is 50.4 Å². The molecular formula is C24H27NO4. The zero-order chi connectivity index (χ0) is 20.4. The molecular weight excluding hydrogens is 366 g/mol. The Morgan fingerprint density at radius 1 is 1.14 bits per heavy atom. The highest BCUT2D eigenvalue weighted by Crippen LogP contribution is 2.75. The van der Waals surface area contributed by atoms with Gasteiger partial charge in [0.25, 0.3) is 0 Å². The van der Waals surface area contributed by atoms with Crippen molar-refractivity contribution in [1.29, 1.82) is 5.26 Å². The van der Waals surface area contributed by atoms with Crippen LogP contribution in [0.1, 0.15) is 65.2 Å². The lowest BCUT2D eigenvalue weighted by atomic mass is 9.43. The Hall–Kier alpha value is -1.96. The normalized spacial score (nSPS) is 54.7. The summed E-state index contributed by atoms with van der Waals surface area (Å²) in [6, 6.07) is 2.52. The fourth-order valence-corrected chi connectivity index (χ4v) is 8.89. The molecule has 5 heteroatoms. The largest absolute Gasteiger partial charge is 0.458 e. The van der Waals surface area contributed by atoms with Crippen LogP contribution in [-0.4, -0.2) is 23.1 Å². The topological polar surface area (TPSA) is 84.2 Å². The summed E-state index contributed by atoms with van der Waals surface area (Å²) < 4.78 is 5.98. The molecule has 6 aliphatic rings. The summed E-state index contributed by atoms with van der Waals surface area (Å²) in [5, 5.41) is 10.3. The zero-order valence-corrected chi connectivity index (χ0v) is 17.1. The first kappa shape index (κ1) is 17.9. The molecule has 4 saturated carbocycles. The van der Waals surface area contributed by atoms with Gasteiger partial charge in [0.2, 0.25) is 0 Å². The summed E-state index contributed by atoms with van der Waals surface area (Å²) in [5.74, 6) is -0.728. The first-order valence-electron chi connectivity index (χ1n) is 11.1. The first-order chi connectivity index (χ1) is 13.7. The summed E-state index contributed by atoms with van der Waals surface area (Å²) in [4.78, 5) is 38.4. The van der Waals surface area contributed by atoms with Crippen LogP contribution in [0.25, 0.3) is 0 Å². The van der Waals surface area contributed by atoms with Crippen LogP contribution in [0.15, 0.2) is 11.6 Å². The van der Waals surface area contributed by atoms with Crippen molar-refractivity contribution in [2.24, 2.45) is 39.9 Å². The maximum Gasteiger partial charge on any atom is 0.306 e. The molecule has 1 saturated heterocycles. The van der Waals surface area contributed by atoms with E-state index >= 15 is 0 Å². The molecule has 6 rings (SSSR count). The summed E-state index contributed by atoms with van der Waals surface area (Å²) in [5.41, 5.74) is -0.582. The third kappa shape index (κ3) is 1.67. The summed E-state index contributed by atoms with van der Waals surface area (Å²) in [7, 11) is 0. The number of fused-ring (bicyclic) bond motifs is 7.